The summed E-state index contributed by atoms with van der Waals surface area (Å²) in [4.78, 5) is 9.96. The second kappa shape index (κ2) is 11.3. The maximum Gasteiger partial charge on any atom is 0.211 e. The summed E-state index contributed by atoms with van der Waals surface area (Å²) in [6.45, 7) is 6.74. The monoisotopic (exact) mass is 704 g/mol. The molecule has 0 aromatic heterocycles. The Kier molecular flexibility index (Phi) is 9.07. The predicted molar refractivity (Wildman–Crippen MR) is 145 cm³/mol. The van der Waals surface area contributed by atoms with E-state index >= 15 is 0 Å². The van der Waals surface area contributed by atoms with E-state index in [0.717, 1.165) is 24.3 Å². The van der Waals surface area contributed by atoms with Crippen LogP contribution in [0.2, 0.25) is 0 Å². The van der Waals surface area contributed by atoms with Crippen LogP contribution in [0.25, 0.3) is 0 Å². The minimum atomic E-state index is -3.98. The highest BCUT2D eigenvalue weighted by atomic mass is 127. The van der Waals surface area contributed by atoms with Gasteiger partial charge in [0.15, 0.2) is 19.9 Å². The van der Waals surface area contributed by atoms with Crippen molar-refractivity contribution >= 4 is 52.4 Å². The molecule has 8 nitrogen and oxygen atoms in total. The van der Waals surface area contributed by atoms with Crippen LogP contribution in [-0.4, -0.2) is 38.1 Å². The van der Waals surface area contributed by atoms with Crippen molar-refractivity contribution in [3.8, 4) is 0 Å². The second-order valence-electron chi connectivity index (χ2n) is 9.98. The molecule has 2 aliphatic rings. The van der Waals surface area contributed by atoms with E-state index in [9.17, 15) is 34.4 Å². The van der Waals surface area contributed by atoms with Crippen LogP contribution in [0.15, 0.2) is 46.7 Å². The average molecular weight is 705 g/mol. The van der Waals surface area contributed by atoms with Crippen molar-refractivity contribution in [3.05, 3.63) is 70.8 Å². The smallest absolute Gasteiger partial charge is 0.211 e. The molecule has 1 atom stereocenters. The fraction of sp³-hybridized carbons (Fsp3) is 0.417. The Morgan fingerprint density at radius 2 is 1.21 bits per heavy atom. The van der Waals surface area contributed by atoms with Crippen molar-refractivity contribution in [1.29, 1.82) is 0 Å². The lowest BCUT2D eigenvalue weighted by atomic mass is 10.1. The largest absolute Gasteiger partial charge is 0.389 e. The van der Waals surface area contributed by atoms with E-state index in [1.807, 2.05) is 0 Å². The number of rotatable bonds is 4. The summed E-state index contributed by atoms with van der Waals surface area (Å²) in [5.41, 5.74) is -2.40. The molecule has 2 aromatic rings. The third-order valence-electron chi connectivity index (χ3n) is 5.53. The SMILES string of the molecule is CC1(C)CC(S(=O)(=O)C(I)c2c(F)cccc2F)=NO1.CC1(C)CC(S(=O)(=O)Cc2c(F)cccc2F)=NO1. The minimum absolute atomic E-state index is 0.0743. The zero-order chi connectivity index (χ0) is 29.4. The lowest BCUT2D eigenvalue weighted by Crippen LogP contribution is -2.25. The van der Waals surface area contributed by atoms with Gasteiger partial charge in [-0.3, -0.25) is 0 Å². The molecule has 39 heavy (non-hydrogen) atoms. The highest BCUT2D eigenvalue weighted by Crippen LogP contribution is 2.38. The first-order valence-electron chi connectivity index (χ1n) is 11.3. The van der Waals surface area contributed by atoms with E-state index in [1.165, 1.54) is 34.7 Å². The van der Waals surface area contributed by atoms with E-state index in [0.29, 0.717) is 0 Å². The van der Waals surface area contributed by atoms with Gasteiger partial charge in [-0.2, -0.15) is 0 Å². The number of alkyl halides is 1. The van der Waals surface area contributed by atoms with Gasteiger partial charge >= 0.3 is 0 Å². The first-order valence-corrected chi connectivity index (χ1v) is 15.8. The maximum absolute atomic E-state index is 13.7. The van der Waals surface area contributed by atoms with E-state index in [2.05, 4.69) is 10.3 Å². The van der Waals surface area contributed by atoms with Gasteiger partial charge in [0.05, 0.1) is 11.3 Å². The van der Waals surface area contributed by atoms with E-state index in [4.69, 9.17) is 9.68 Å². The summed E-state index contributed by atoms with van der Waals surface area (Å²) in [6, 6.07) is 6.45. The summed E-state index contributed by atoms with van der Waals surface area (Å²) in [5.74, 6) is -4.33. The van der Waals surface area contributed by atoms with Gasteiger partial charge < -0.3 is 9.68 Å². The zero-order valence-corrected chi connectivity index (χ0v) is 25.0. The summed E-state index contributed by atoms with van der Waals surface area (Å²) in [5, 5.41) is 6.67. The van der Waals surface area contributed by atoms with Gasteiger partial charge in [-0.05, 0) is 52.0 Å². The predicted octanol–water partition coefficient (Wildman–Crippen LogP) is 5.72. The summed E-state index contributed by atoms with van der Waals surface area (Å²) < 4.78 is 102. The number of halogens is 5. The van der Waals surface area contributed by atoms with E-state index in [1.54, 1.807) is 27.7 Å². The van der Waals surface area contributed by atoms with Crippen molar-refractivity contribution in [3.63, 3.8) is 0 Å². The Labute approximate surface area is 237 Å². The Morgan fingerprint density at radius 1 is 0.795 bits per heavy atom. The Hall–Kier alpha value is -2.27. The molecule has 15 heteroatoms. The standard InChI is InChI=1S/C12H12F2INO3S.C12H13F2NO3S/c1-12(2)6-9(16-19-12)20(17,18)11(15)10-7(13)4-3-5-8(10)14;1-12(2)6-11(15-18-12)19(16,17)7-8-9(13)4-3-5-10(8)14/h3-5,11H,6H2,1-2H3;3-5H,6-7H2,1-2H3. The minimum Gasteiger partial charge on any atom is -0.389 e. The number of hydrogen-bond acceptors (Lipinski definition) is 8. The number of oxime groups is 2. The molecular weight excluding hydrogens is 679 g/mol. The zero-order valence-electron chi connectivity index (χ0n) is 21.2. The van der Waals surface area contributed by atoms with Crippen LogP contribution in [0, 0.1) is 23.3 Å². The van der Waals surface area contributed by atoms with Crippen LogP contribution >= 0.6 is 22.6 Å². The number of sulfone groups is 2. The van der Waals surface area contributed by atoms with Gasteiger partial charge in [-0.1, -0.05) is 45.0 Å². The molecule has 1 unspecified atom stereocenters. The van der Waals surface area contributed by atoms with Crippen molar-refractivity contribution in [2.24, 2.45) is 10.3 Å². The third kappa shape index (κ3) is 7.28. The molecule has 214 valence electrons. The summed E-state index contributed by atoms with van der Waals surface area (Å²) in [7, 11) is -7.86. The van der Waals surface area contributed by atoms with Crippen LogP contribution < -0.4 is 0 Å². The lowest BCUT2D eigenvalue weighted by molar-refractivity contribution is 0.0120. The highest BCUT2D eigenvalue weighted by Gasteiger charge is 2.41. The number of hydrogen-bond donors (Lipinski definition) is 0. The molecule has 0 saturated carbocycles. The van der Waals surface area contributed by atoms with Gasteiger partial charge in [0, 0.05) is 18.4 Å². The van der Waals surface area contributed by atoms with Crippen LogP contribution in [0.1, 0.15) is 54.9 Å². The molecule has 2 aromatic carbocycles. The summed E-state index contributed by atoms with van der Waals surface area (Å²) >= 11 is 1.50. The van der Waals surface area contributed by atoms with Crippen molar-refractivity contribution < 1.29 is 44.1 Å². The number of benzene rings is 2. The fourth-order valence-electron chi connectivity index (χ4n) is 3.47. The topological polar surface area (TPSA) is 111 Å². The van der Waals surface area contributed by atoms with Gasteiger partial charge in [0.25, 0.3) is 0 Å². The molecule has 4 rings (SSSR count). The lowest BCUT2D eigenvalue weighted by Gasteiger charge is -2.15. The highest BCUT2D eigenvalue weighted by molar-refractivity contribution is 14.1. The first kappa shape index (κ1) is 31.3. The third-order valence-corrected chi connectivity index (χ3v) is 11.4. The van der Waals surface area contributed by atoms with Gasteiger partial charge in [-0.25, -0.2) is 34.4 Å². The molecule has 2 heterocycles. The molecule has 0 amide bonds. The molecule has 0 aliphatic carbocycles. The van der Waals surface area contributed by atoms with Crippen LogP contribution in [0.3, 0.4) is 0 Å². The molecule has 0 radical (unpaired) electrons. The molecular formula is C24H25F4IN2O6S2. The average Bonchev–Trinajstić information content (AvgIpc) is 3.38. The molecule has 0 saturated heterocycles. The molecule has 0 N–H and O–H groups in total. The van der Waals surface area contributed by atoms with Gasteiger partial charge in [-0.15, -0.1) is 0 Å². The van der Waals surface area contributed by atoms with Crippen LogP contribution in [0.4, 0.5) is 17.6 Å². The Bertz CT molecular complexity index is 1500. The fourth-order valence-corrected chi connectivity index (χ4v) is 7.95. The maximum atomic E-state index is 13.7. The van der Waals surface area contributed by atoms with Crippen LogP contribution in [-0.2, 0) is 35.1 Å². The molecule has 2 aliphatic heterocycles. The van der Waals surface area contributed by atoms with Gasteiger partial charge in [0.1, 0.15) is 37.7 Å². The second-order valence-corrected chi connectivity index (χ2v) is 16.1. The van der Waals surface area contributed by atoms with E-state index in [-0.39, 0.29) is 22.9 Å². The normalized spacial score (nSPS) is 18.7. The Morgan fingerprint density at radius 3 is 1.62 bits per heavy atom. The number of nitrogens with zero attached hydrogens (tertiary/aromatic N) is 2. The molecule has 0 spiro atoms. The van der Waals surface area contributed by atoms with Crippen molar-refractivity contribution in [1.82, 2.24) is 0 Å². The first-order chi connectivity index (χ1) is 17.9. The summed E-state index contributed by atoms with van der Waals surface area (Å²) in [6.07, 6.45) is 0.163. The molecule has 0 bridgehead atoms. The quantitative estimate of drug-likeness (QED) is 0.229. The van der Waals surface area contributed by atoms with Crippen molar-refractivity contribution in [2.45, 2.75) is 60.7 Å². The van der Waals surface area contributed by atoms with Gasteiger partial charge in [0.2, 0.25) is 9.84 Å². The van der Waals surface area contributed by atoms with Crippen LogP contribution in [0.5, 0.6) is 0 Å². The Balaban J connectivity index is 0.000000216. The van der Waals surface area contributed by atoms with E-state index < -0.39 is 74.3 Å². The molecule has 0 fully saturated rings. The van der Waals surface area contributed by atoms with Crippen molar-refractivity contribution in [2.75, 3.05) is 0 Å².